The smallest absolute Gasteiger partial charge is 0.202 e. The van der Waals surface area contributed by atoms with E-state index in [2.05, 4.69) is 23.6 Å². The Hall–Kier alpha value is -1.97. The van der Waals surface area contributed by atoms with Crippen molar-refractivity contribution in [1.82, 2.24) is 0 Å². The Morgan fingerprint density at radius 1 is 0.850 bits per heavy atom. The van der Waals surface area contributed by atoms with E-state index in [1.807, 2.05) is 36.4 Å². The van der Waals surface area contributed by atoms with Gasteiger partial charge in [0.25, 0.3) is 0 Å². The number of hydrogen-bond acceptors (Lipinski definition) is 3. The Kier molecular flexibility index (Phi) is 2.69. The molecule has 0 saturated heterocycles. The van der Waals surface area contributed by atoms with E-state index in [1.165, 1.54) is 14.8 Å². The minimum atomic E-state index is 0.108. The highest BCUT2D eigenvalue weighted by molar-refractivity contribution is 7.27. The van der Waals surface area contributed by atoms with E-state index in [0.29, 0.717) is 0 Å². The van der Waals surface area contributed by atoms with Gasteiger partial charge in [0.1, 0.15) is 0 Å². The van der Waals surface area contributed by atoms with E-state index in [1.54, 1.807) is 22.7 Å². The van der Waals surface area contributed by atoms with Gasteiger partial charge >= 0.3 is 0 Å². The van der Waals surface area contributed by atoms with Crippen molar-refractivity contribution in [3.05, 3.63) is 70.4 Å². The van der Waals surface area contributed by atoms with E-state index in [4.69, 9.17) is 0 Å². The summed E-state index contributed by atoms with van der Waals surface area (Å²) in [7, 11) is 0. The molecule has 2 aromatic heterocycles. The van der Waals surface area contributed by atoms with Crippen molar-refractivity contribution in [1.29, 1.82) is 0 Å². The fourth-order valence-corrected chi connectivity index (χ4v) is 4.55. The van der Waals surface area contributed by atoms with Crippen molar-refractivity contribution >= 4 is 48.6 Å². The third-order valence-electron chi connectivity index (χ3n) is 3.36. The zero-order valence-electron chi connectivity index (χ0n) is 10.5. The Bertz CT molecular complexity index is 916. The quantitative estimate of drug-likeness (QED) is 0.456. The number of carbonyl (C=O) groups is 1. The Balaban J connectivity index is 1.91. The van der Waals surface area contributed by atoms with Gasteiger partial charge in [-0.3, -0.25) is 4.79 Å². The van der Waals surface area contributed by atoms with Crippen molar-refractivity contribution in [2.75, 3.05) is 0 Å². The van der Waals surface area contributed by atoms with Gasteiger partial charge in [0.05, 0.1) is 14.3 Å². The highest BCUT2D eigenvalue weighted by Crippen LogP contribution is 2.36. The van der Waals surface area contributed by atoms with Gasteiger partial charge in [-0.05, 0) is 28.3 Å². The molecule has 0 aliphatic heterocycles. The first-order valence-electron chi connectivity index (χ1n) is 6.32. The van der Waals surface area contributed by atoms with Crippen LogP contribution in [0, 0.1) is 0 Å². The average molecular weight is 294 g/mol. The molecule has 0 aliphatic rings. The second-order valence-corrected chi connectivity index (χ2v) is 6.60. The lowest BCUT2D eigenvalue weighted by atomic mass is 10.1. The van der Waals surface area contributed by atoms with E-state index in [0.717, 1.165) is 15.8 Å². The summed E-state index contributed by atoms with van der Waals surface area (Å²) in [6.45, 7) is 0. The molecule has 0 saturated carbocycles. The number of thiophene rings is 2. The topological polar surface area (TPSA) is 17.1 Å². The summed E-state index contributed by atoms with van der Waals surface area (Å²) in [5.74, 6) is 0.108. The molecule has 0 bridgehead atoms. The summed E-state index contributed by atoms with van der Waals surface area (Å²) in [6.07, 6.45) is 0. The van der Waals surface area contributed by atoms with Gasteiger partial charge in [0.15, 0.2) is 0 Å². The summed E-state index contributed by atoms with van der Waals surface area (Å²) < 4.78 is 2.50. The van der Waals surface area contributed by atoms with Gasteiger partial charge in [-0.1, -0.05) is 42.5 Å². The average Bonchev–Trinajstić information content (AvgIpc) is 3.12. The first-order valence-corrected chi connectivity index (χ1v) is 8.02. The lowest BCUT2D eigenvalue weighted by Crippen LogP contribution is -1.97. The molecule has 0 atom stereocenters. The van der Waals surface area contributed by atoms with Gasteiger partial charge in [-0.25, -0.2) is 0 Å². The normalized spacial score (nSPS) is 11.2. The zero-order valence-corrected chi connectivity index (χ0v) is 12.1. The second-order valence-electron chi connectivity index (χ2n) is 4.63. The number of hydrogen-bond donors (Lipinski definition) is 0. The molecule has 0 radical (unpaired) electrons. The lowest BCUT2D eigenvalue weighted by Gasteiger charge is -1.95. The molecule has 96 valence electrons. The largest absolute Gasteiger partial charge is 0.288 e. The van der Waals surface area contributed by atoms with Crippen LogP contribution < -0.4 is 0 Å². The van der Waals surface area contributed by atoms with Gasteiger partial charge in [-0.15, -0.1) is 22.7 Å². The van der Waals surface area contributed by atoms with Crippen LogP contribution in [0.4, 0.5) is 0 Å². The van der Waals surface area contributed by atoms with Crippen LogP contribution in [-0.2, 0) is 0 Å². The van der Waals surface area contributed by atoms with Crippen LogP contribution in [0.25, 0.3) is 20.2 Å². The standard InChI is InChI=1S/C17H10OS2/c18-15(11-4-2-1-3-5-11)14-10-13-7-6-12-8-9-19-16(12)17(13)20-14/h1-10H. The van der Waals surface area contributed by atoms with Crippen molar-refractivity contribution in [3.63, 3.8) is 0 Å². The van der Waals surface area contributed by atoms with Crippen LogP contribution >= 0.6 is 22.7 Å². The van der Waals surface area contributed by atoms with Crippen LogP contribution in [0.3, 0.4) is 0 Å². The summed E-state index contributed by atoms with van der Waals surface area (Å²) in [4.78, 5) is 13.3. The molecule has 0 N–H and O–H groups in total. The highest BCUT2D eigenvalue weighted by atomic mass is 32.1. The van der Waals surface area contributed by atoms with E-state index < -0.39 is 0 Å². The van der Waals surface area contributed by atoms with Crippen LogP contribution in [-0.4, -0.2) is 5.78 Å². The van der Waals surface area contributed by atoms with Gasteiger partial charge in [0, 0.05) is 5.56 Å². The molecule has 4 aromatic rings. The second kappa shape index (κ2) is 4.54. The number of rotatable bonds is 2. The SMILES string of the molecule is O=C(c1ccccc1)c1cc2ccc3ccsc3c2s1. The zero-order chi connectivity index (χ0) is 13.5. The molecule has 1 nitrogen and oxygen atoms in total. The first-order chi connectivity index (χ1) is 9.83. The molecular formula is C17H10OS2. The predicted molar refractivity (Wildman–Crippen MR) is 87.1 cm³/mol. The molecule has 4 rings (SSSR count). The number of carbonyl (C=O) groups excluding carboxylic acids is 1. The minimum absolute atomic E-state index is 0.108. The molecule has 20 heavy (non-hydrogen) atoms. The van der Waals surface area contributed by atoms with Crippen molar-refractivity contribution in [2.24, 2.45) is 0 Å². The van der Waals surface area contributed by atoms with Crippen LogP contribution in [0.15, 0.2) is 60.0 Å². The number of fused-ring (bicyclic) bond motifs is 3. The summed E-state index contributed by atoms with van der Waals surface area (Å²) in [5, 5.41) is 4.51. The Morgan fingerprint density at radius 3 is 2.50 bits per heavy atom. The first kappa shape index (κ1) is 11.8. The van der Waals surface area contributed by atoms with Gasteiger partial charge in [0.2, 0.25) is 5.78 Å². The van der Waals surface area contributed by atoms with Crippen LogP contribution in [0.1, 0.15) is 15.2 Å². The molecule has 3 heteroatoms. The molecular weight excluding hydrogens is 284 g/mol. The molecule has 2 aromatic carbocycles. The molecule has 2 heterocycles. The molecule has 0 aliphatic carbocycles. The molecule has 0 spiro atoms. The monoisotopic (exact) mass is 294 g/mol. The molecule has 0 amide bonds. The van der Waals surface area contributed by atoms with Gasteiger partial charge < -0.3 is 0 Å². The Morgan fingerprint density at radius 2 is 1.65 bits per heavy atom. The summed E-state index contributed by atoms with van der Waals surface area (Å²) >= 11 is 3.33. The third kappa shape index (κ3) is 1.79. The maximum Gasteiger partial charge on any atom is 0.202 e. The van der Waals surface area contributed by atoms with Gasteiger partial charge in [-0.2, -0.15) is 0 Å². The summed E-state index contributed by atoms with van der Waals surface area (Å²) in [5.41, 5.74) is 0.751. The lowest BCUT2D eigenvalue weighted by molar-refractivity contribution is 0.104. The minimum Gasteiger partial charge on any atom is -0.288 e. The van der Waals surface area contributed by atoms with E-state index >= 15 is 0 Å². The predicted octanol–water partition coefficient (Wildman–Crippen LogP) is 5.35. The number of benzene rings is 2. The highest BCUT2D eigenvalue weighted by Gasteiger charge is 2.14. The third-order valence-corrected chi connectivity index (χ3v) is 5.61. The van der Waals surface area contributed by atoms with Crippen LogP contribution in [0.2, 0.25) is 0 Å². The maximum absolute atomic E-state index is 12.5. The summed E-state index contributed by atoms with van der Waals surface area (Å²) in [6, 6.07) is 17.8. The fourth-order valence-electron chi connectivity index (χ4n) is 2.36. The van der Waals surface area contributed by atoms with Crippen molar-refractivity contribution in [2.45, 2.75) is 0 Å². The van der Waals surface area contributed by atoms with Crippen molar-refractivity contribution < 1.29 is 4.79 Å². The fraction of sp³-hybridized carbons (Fsp3) is 0. The van der Waals surface area contributed by atoms with Crippen LogP contribution in [0.5, 0.6) is 0 Å². The molecule has 0 fully saturated rings. The molecule has 0 unspecified atom stereocenters. The van der Waals surface area contributed by atoms with E-state index in [-0.39, 0.29) is 5.78 Å². The number of ketones is 1. The Labute approximate surface area is 124 Å². The van der Waals surface area contributed by atoms with Crippen molar-refractivity contribution in [3.8, 4) is 0 Å². The maximum atomic E-state index is 12.5. The van der Waals surface area contributed by atoms with E-state index in [9.17, 15) is 4.79 Å².